The lowest BCUT2D eigenvalue weighted by atomic mass is 10.00. The van der Waals surface area contributed by atoms with Crippen molar-refractivity contribution >= 4 is 27.3 Å². The molecule has 2 heterocycles. The molecule has 1 fully saturated rings. The first kappa shape index (κ1) is 19.9. The Morgan fingerprint density at radius 2 is 1.66 bits per heavy atom. The van der Waals surface area contributed by atoms with Crippen LogP contribution in [0, 0.1) is 0 Å². The summed E-state index contributed by atoms with van der Waals surface area (Å²) in [5.74, 6) is -0.100. The number of hydrogen-bond acceptors (Lipinski definition) is 4. The van der Waals surface area contributed by atoms with Gasteiger partial charge in [0.05, 0.1) is 4.90 Å². The minimum absolute atomic E-state index is 0.100. The van der Waals surface area contributed by atoms with E-state index in [1.165, 1.54) is 9.87 Å². The third kappa shape index (κ3) is 4.02. The van der Waals surface area contributed by atoms with Crippen LogP contribution in [0.15, 0.2) is 53.4 Å². The van der Waals surface area contributed by atoms with Crippen LogP contribution in [0.4, 0.5) is 11.4 Å². The van der Waals surface area contributed by atoms with Gasteiger partial charge >= 0.3 is 0 Å². The van der Waals surface area contributed by atoms with Crippen LogP contribution in [0.3, 0.4) is 0 Å². The normalized spacial score (nSPS) is 18.3. The summed E-state index contributed by atoms with van der Waals surface area (Å²) in [7, 11) is -3.44. The maximum absolute atomic E-state index is 12.8. The summed E-state index contributed by atoms with van der Waals surface area (Å²) in [6.45, 7) is 3.91. The van der Waals surface area contributed by atoms with Crippen LogP contribution in [0.25, 0.3) is 0 Å². The lowest BCUT2D eigenvalue weighted by molar-refractivity contribution is -0.117. The Kier molecular flexibility index (Phi) is 5.61. The Labute approximate surface area is 172 Å². The zero-order valence-corrected chi connectivity index (χ0v) is 17.5. The quantitative estimate of drug-likeness (QED) is 0.817. The number of benzene rings is 2. The highest BCUT2D eigenvalue weighted by Crippen LogP contribution is 2.29. The largest absolute Gasteiger partial charge is 0.360 e. The van der Waals surface area contributed by atoms with Crippen LogP contribution >= 0.6 is 0 Å². The van der Waals surface area contributed by atoms with Gasteiger partial charge < -0.3 is 10.2 Å². The molecule has 1 saturated heterocycles. The van der Waals surface area contributed by atoms with Crippen molar-refractivity contribution in [3.8, 4) is 0 Å². The summed E-state index contributed by atoms with van der Waals surface area (Å²) >= 11 is 0. The Morgan fingerprint density at radius 1 is 0.966 bits per heavy atom. The molecule has 0 aliphatic carbocycles. The average molecular weight is 414 g/mol. The molecule has 0 radical (unpaired) electrons. The summed E-state index contributed by atoms with van der Waals surface area (Å²) in [4.78, 5) is 15.2. The van der Waals surface area contributed by atoms with Crippen molar-refractivity contribution in [3.63, 3.8) is 0 Å². The van der Waals surface area contributed by atoms with Crippen LogP contribution in [0.1, 0.15) is 31.7 Å². The summed E-state index contributed by atoms with van der Waals surface area (Å²) in [5.41, 5.74) is 3.00. The van der Waals surface area contributed by atoms with E-state index in [0.29, 0.717) is 18.8 Å². The number of aryl methyl sites for hydroxylation is 1. The van der Waals surface area contributed by atoms with E-state index in [2.05, 4.69) is 22.3 Å². The van der Waals surface area contributed by atoms with E-state index in [0.717, 1.165) is 37.9 Å². The molecular formula is C22H27N3O3S. The molecule has 154 valence electrons. The van der Waals surface area contributed by atoms with Gasteiger partial charge in [0.15, 0.2) is 0 Å². The van der Waals surface area contributed by atoms with Crippen molar-refractivity contribution in [1.82, 2.24) is 4.31 Å². The molecule has 1 N–H and O–H groups in total. The fourth-order valence-corrected chi connectivity index (χ4v) is 5.66. The second-order valence-corrected chi connectivity index (χ2v) is 9.66. The van der Waals surface area contributed by atoms with Gasteiger partial charge in [-0.25, -0.2) is 8.42 Å². The lowest BCUT2D eigenvalue weighted by Gasteiger charge is -2.35. The first-order chi connectivity index (χ1) is 14.0. The molecule has 2 aromatic rings. The third-order valence-corrected chi connectivity index (χ3v) is 7.73. The van der Waals surface area contributed by atoms with Crippen LogP contribution in [0.2, 0.25) is 0 Å². The molecule has 6 nitrogen and oxygen atoms in total. The van der Waals surface area contributed by atoms with E-state index in [9.17, 15) is 13.2 Å². The Balaban J connectivity index is 1.45. The molecule has 0 bridgehead atoms. The Hall–Kier alpha value is -2.38. The third-order valence-electron chi connectivity index (χ3n) is 5.82. The number of sulfonamides is 1. The maximum Gasteiger partial charge on any atom is 0.246 e. The first-order valence-corrected chi connectivity index (χ1v) is 11.7. The van der Waals surface area contributed by atoms with Gasteiger partial charge in [0.2, 0.25) is 15.9 Å². The number of nitrogens with one attached hydrogen (secondary N) is 1. The highest BCUT2D eigenvalue weighted by molar-refractivity contribution is 7.89. The summed E-state index contributed by atoms with van der Waals surface area (Å²) in [5, 5.41) is 2.93. The molecule has 2 aromatic carbocycles. The molecule has 2 aliphatic rings. The van der Waals surface area contributed by atoms with Crippen molar-refractivity contribution in [3.05, 3.63) is 54.1 Å². The molecule has 0 unspecified atom stereocenters. The molecule has 2 aliphatic heterocycles. The number of hydrogen-bond donors (Lipinski definition) is 1. The molecule has 0 spiro atoms. The van der Waals surface area contributed by atoms with E-state index in [1.807, 2.05) is 19.1 Å². The van der Waals surface area contributed by atoms with Crippen LogP contribution < -0.4 is 10.2 Å². The van der Waals surface area contributed by atoms with E-state index in [4.69, 9.17) is 0 Å². The maximum atomic E-state index is 12.8. The fraction of sp³-hybridized carbons (Fsp3) is 0.409. The second kappa shape index (κ2) is 8.16. The van der Waals surface area contributed by atoms with Gasteiger partial charge in [0.25, 0.3) is 0 Å². The summed E-state index contributed by atoms with van der Waals surface area (Å²) in [6.07, 6.45) is 3.88. The molecule has 4 rings (SSSR count). The van der Waals surface area contributed by atoms with E-state index in [-0.39, 0.29) is 16.8 Å². The fourth-order valence-electron chi connectivity index (χ4n) is 4.14. The predicted molar refractivity (Wildman–Crippen MR) is 115 cm³/mol. The molecule has 1 amide bonds. The van der Waals surface area contributed by atoms with Crippen LogP contribution in [-0.4, -0.2) is 44.3 Å². The number of amides is 1. The highest BCUT2D eigenvalue weighted by Gasteiger charge is 2.28. The standard InChI is InChI=1S/C22H27N3O3S/c1-17(25-16-6-8-18-7-2-3-9-21(18)25)22(26)23-19-10-12-20(13-11-19)29(27,28)24-14-4-5-15-24/h2-3,7,9-13,17H,4-6,8,14-16H2,1H3,(H,23,26)/t17-/m1/s1. The van der Waals surface area contributed by atoms with Gasteiger partial charge in [-0.05, 0) is 68.5 Å². The van der Waals surface area contributed by atoms with Gasteiger partial charge in [-0.1, -0.05) is 18.2 Å². The molecule has 0 aromatic heterocycles. The van der Waals surface area contributed by atoms with E-state index < -0.39 is 10.0 Å². The average Bonchev–Trinajstić information content (AvgIpc) is 3.29. The SMILES string of the molecule is C[C@H](C(=O)Nc1ccc(S(=O)(=O)N2CCCC2)cc1)N1CCCc2ccccc21. The smallest absolute Gasteiger partial charge is 0.246 e. The highest BCUT2D eigenvalue weighted by atomic mass is 32.2. The Bertz CT molecular complexity index is 983. The minimum Gasteiger partial charge on any atom is -0.360 e. The molecule has 0 saturated carbocycles. The predicted octanol–water partition coefficient (Wildman–Crippen LogP) is 3.25. The zero-order valence-electron chi connectivity index (χ0n) is 16.7. The van der Waals surface area contributed by atoms with E-state index >= 15 is 0 Å². The second-order valence-electron chi connectivity index (χ2n) is 7.73. The molecule has 29 heavy (non-hydrogen) atoms. The summed E-state index contributed by atoms with van der Waals surface area (Å²) in [6, 6.07) is 14.4. The van der Waals surface area contributed by atoms with Gasteiger partial charge in [-0.3, -0.25) is 4.79 Å². The van der Waals surface area contributed by atoms with E-state index in [1.54, 1.807) is 24.3 Å². The van der Waals surface area contributed by atoms with Crippen molar-refractivity contribution in [2.45, 2.75) is 43.5 Å². The number of fused-ring (bicyclic) bond motifs is 1. The van der Waals surface area contributed by atoms with Crippen molar-refractivity contribution in [1.29, 1.82) is 0 Å². The zero-order chi connectivity index (χ0) is 20.4. The summed E-state index contributed by atoms with van der Waals surface area (Å²) < 4.78 is 26.8. The topological polar surface area (TPSA) is 69.7 Å². The molecule has 7 heteroatoms. The van der Waals surface area contributed by atoms with Crippen molar-refractivity contribution in [2.24, 2.45) is 0 Å². The van der Waals surface area contributed by atoms with Gasteiger partial charge in [-0.2, -0.15) is 4.31 Å². The Morgan fingerprint density at radius 3 is 2.38 bits per heavy atom. The number of carbonyl (C=O) groups excluding carboxylic acids is 1. The van der Waals surface area contributed by atoms with Crippen LogP contribution in [0.5, 0.6) is 0 Å². The molecule has 1 atom stereocenters. The van der Waals surface area contributed by atoms with Gasteiger partial charge in [-0.15, -0.1) is 0 Å². The van der Waals surface area contributed by atoms with Crippen molar-refractivity contribution in [2.75, 3.05) is 29.9 Å². The number of anilines is 2. The van der Waals surface area contributed by atoms with Gasteiger partial charge in [0.1, 0.15) is 6.04 Å². The first-order valence-electron chi connectivity index (χ1n) is 10.2. The minimum atomic E-state index is -3.44. The van der Waals surface area contributed by atoms with Crippen molar-refractivity contribution < 1.29 is 13.2 Å². The van der Waals surface area contributed by atoms with Crippen LogP contribution in [-0.2, 0) is 21.2 Å². The monoisotopic (exact) mass is 413 g/mol. The number of rotatable bonds is 5. The lowest BCUT2D eigenvalue weighted by Crippen LogP contribution is -2.44. The van der Waals surface area contributed by atoms with Gasteiger partial charge in [0, 0.05) is 31.0 Å². The number of para-hydroxylation sites is 1. The molecular weight excluding hydrogens is 386 g/mol. The number of nitrogens with zero attached hydrogens (tertiary/aromatic N) is 2. The number of carbonyl (C=O) groups is 1.